The van der Waals surface area contributed by atoms with Crippen LogP contribution < -0.4 is 0 Å². The highest BCUT2D eigenvalue weighted by atomic mass is 19.1. The number of benzene rings is 1. The van der Waals surface area contributed by atoms with Gasteiger partial charge in [0.25, 0.3) is 5.91 Å². The second-order valence-corrected chi connectivity index (χ2v) is 5.67. The number of aliphatic hydroxyl groups excluding tert-OH is 1. The molecule has 0 bridgehead atoms. The third-order valence-corrected chi connectivity index (χ3v) is 3.92. The van der Waals surface area contributed by atoms with Crippen LogP contribution in [0.15, 0.2) is 18.2 Å². The van der Waals surface area contributed by atoms with Gasteiger partial charge in [-0.3, -0.25) is 4.79 Å². The quantitative estimate of drug-likeness (QED) is 0.924. The molecule has 2 atom stereocenters. The van der Waals surface area contributed by atoms with Crippen LogP contribution in [-0.2, 0) is 0 Å². The Morgan fingerprint density at radius 3 is 2.95 bits per heavy atom. The second kappa shape index (κ2) is 6.35. The van der Waals surface area contributed by atoms with Gasteiger partial charge in [-0.25, -0.2) is 4.39 Å². The molecule has 1 aliphatic rings. The molecule has 110 valence electrons. The van der Waals surface area contributed by atoms with E-state index in [1.807, 2.05) is 0 Å². The molecule has 1 aromatic carbocycles. The van der Waals surface area contributed by atoms with Gasteiger partial charge in [0, 0.05) is 12.6 Å². The van der Waals surface area contributed by atoms with Crippen molar-refractivity contribution in [3.05, 3.63) is 35.1 Å². The van der Waals surface area contributed by atoms with Crippen LogP contribution in [0.1, 0.15) is 48.5 Å². The first-order chi connectivity index (χ1) is 9.50. The fourth-order valence-corrected chi connectivity index (χ4v) is 2.87. The molecule has 1 fully saturated rings. The molecule has 1 aliphatic heterocycles. The number of hydrogen-bond donors (Lipinski definition) is 1. The SMILES string of the molecule is Cc1cccc(C(=O)N2CCCCC2CC(C)O)c1F. The van der Waals surface area contributed by atoms with Crippen LogP contribution in [0, 0.1) is 12.7 Å². The van der Waals surface area contributed by atoms with Crippen LogP contribution in [0.2, 0.25) is 0 Å². The summed E-state index contributed by atoms with van der Waals surface area (Å²) in [5.74, 6) is -0.685. The van der Waals surface area contributed by atoms with Gasteiger partial charge in [0.05, 0.1) is 11.7 Å². The molecule has 0 aliphatic carbocycles. The van der Waals surface area contributed by atoms with Crippen LogP contribution in [0.5, 0.6) is 0 Å². The zero-order valence-corrected chi connectivity index (χ0v) is 12.1. The molecule has 1 aromatic rings. The van der Waals surface area contributed by atoms with Crippen molar-refractivity contribution in [3.8, 4) is 0 Å². The largest absolute Gasteiger partial charge is 0.393 e. The zero-order chi connectivity index (χ0) is 14.7. The van der Waals surface area contributed by atoms with E-state index in [1.165, 1.54) is 0 Å². The number of rotatable bonds is 3. The van der Waals surface area contributed by atoms with Crippen molar-refractivity contribution in [2.24, 2.45) is 0 Å². The summed E-state index contributed by atoms with van der Waals surface area (Å²) in [6, 6.07) is 4.92. The Morgan fingerprint density at radius 2 is 2.25 bits per heavy atom. The van der Waals surface area contributed by atoms with E-state index in [2.05, 4.69) is 0 Å². The van der Waals surface area contributed by atoms with Crippen molar-refractivity contribution in [2.75, 3.05) is 6.54 Å². The van der Waals surface area contributed by atoms with E-state index in [9.17, 15) is 14.3 Å². The number of aliphatic hydroxyl groups is 1. The molecule has 1 heterocycles. The number of carbonyl (C=O) groups is 1. The van der Waals surface area contributed by atoms with Crippen molar-refractivity contribution in [3.63, 3.8) is 0 Å². The van der Waals surface area contributed by atoms with E-state index in [1.54, 1.807) is 36.9 Å². The lowest BCUT2D eigenvalue weighted by molar-refractivity contribution is 0.0510. The predicted molar refractivity (Wildman–Crippen MR) is 76.1 cm³/mol. The molecule has 0 spiro atoms. The number of halogens is 1. The number of hydrogen-bond acceptors (Lipinski definition) is 2. The Hall–Kier alpha value is -1.42. The first-order valence-electron chi connectivity index (χ1n) is 7.25. The summed E-state index contributed by atoms with van der Waals surface area (Å²) in [6.45, 7) is 4.03. The lowest BCUT2D eigenvalue weighted by Gasteiger charge is -2.36. The summed E-state index contributed by atoms with van der Waals surface area (Å²) in [4.78, 5) is 14.3. The molecule has 2 unspecified atom stereocenters. The number of aryl methyl sites for hydroxylation is 1. The molecule has 3 nitrogen and oxygen atoms in total. The van der Waals surface area contributed by atoms with Gasteiger partial charge in [-0.15, -0.1) is 0 Å². The summed E-state index contributed by atoms with van der Waals surface area (Å²) in [5.41, 5.74) is 0.627. The highest BCUT2D eigenvalue weighted by molar-refractivity contribution is 5.95. The van der Waals surface area contributed by atoms with Gasteiger partial charge in [-0.2, -0.15) is 0 Å². The normalized spacial score (nSPS) is 20.8. The summed E-state index contributed by atoms with van der Waals surface area (Å²) in [7, 11) is 0. The van der Waals surface area contributed by atoms with Gasteiger partial charge in [0.2, 0.25) is 0 Å². The Balaban J connectivity index is 2.23. The van der Waals surface area contributed by atoms with E-state index in [4.69, 9.17) is 0 Å². The molecule has 1 amide bonds. The zero-order valence-electron chi connectivity index (χ0n) is 12.1. The topological polar surface area (TPSA) is 40.5 Å². The molecule has 0 aromatic heterocycles. The number of piperidine rings is 1. The number of nitrogens with zero attached hydrogens (tertiary/aromatic N) is 1. The average Bonchev–Trinajstić information content (AvgIpc) is 2.41. The number of likely N-dealkylation sites (tertiary alicyclic amines) is 1. The maximum atomic E-state index is 14.1. The molecule has 0 radical (unpaired) electrons. The minimum atomic E-state index is -0.448. The number of carbonyl (C=O) groups excluding carboxylic acids is 1. The van der Waals surface area contributed by atoms with Crippen LogP contribution in [-0.4, -0.2) is 34.6 Å². The van der Waals surface area contributed by atoms with E-state index < -0.39 is 11.9 Å². The first kappa shape index (κ1) is 15.0. The molecule has 0 saturated carbocycles. The third-order valence-electron chi connectivity index (χ3n) is 3.92. The maximum Gasteiger partial charge on any atom is 0.257 e. The highest BCUT2D eigenvalue weighted by Crippen LogP contribution is 2.24. The molecular formula is C16H22FNO2. The second-order valence-electron chi connectivity index (χ2n) is 5.67. The standard InChI is InChI=1S/C16H22FNO2/c1-11-6-5-8-14(15(11)17)16(20)18-9-4-3-7-13(18)10-12(2)19/h5-6,8,12-13,19H,3-4,7,9-10H2,1-2H3. The lowest BCUT2D eigenvalue weighted by atomic mass is 9.96. The third kappa shape index (κ3) is 3.18. The minimum Gasteiger partial charge on any atom is -0.393 e. The smallest absolute Gasteiger partial charge is 0.257 e. The van der Waals surface area contributed by atoms with Crippen molar-refractivity contribution in [2.45, 2.75) is 51.7 Å². The van der Waals surface area contributed by atoms with Crippen molar-refractivity contribution >= 4 is 5.91 Å². The monoisotopic (exact) mass is 279 g/mol. The Labute approximate surface area is 119 Å². The Kier molecular flexibility index (Phi) is 4.76. The van der Waals surface area contributed by atoms with Gasteiger partial charge in [0.1, 0.15) is 5.82 Å². The summed E-state index contributed by atoms with van der Waals surface area (Å²) in [6.07, 6.45) is 2.98. The molecule has 1 saturated heterocycles. The predicted octanol–water partition coefficient (Wildman–Crippen LogP) is 2.90. The summed E-state index contributed by atoms with van der Waals surface area (Å²) >= 11 is 0. The Morgan fingerprint density at radius 1 is 1.50 bits per heavy atom. The van der Waals surface area contributed by atoms with Crippen molar-refractivity contribution in [1.82, 2.24) is 4.90 Å². The van der Waals surface area contributed by atoms with E-state index in [0.29, 0.717) is 18.5 Å². The molecule has 4 heteroatoms. The average molecular weight is 279 g/mol. The van der Waals surface area contributed by atoms with Gasteiger partial charge in [0.15, 0.2) is 0 Å². The minimum absolute atomic E-state index is 0.0103. The lowest BCUT2D eigenvalue weighted by Crippen LogP contribution is -2.45. The van der Waals surface area contributed by atoms with Crippen LogP contribution in [0.25, 0.3) is 0 Å². The first-order valence-corrected chi connectivity index (χ1v) is 7.25. The molecule has 2 rings (SSSR count). The van der Waals surface area contributed by atoms with E-state index in [0.717, 1.165) is 19.3 Å². The van der Waals surface area contributed by atoms with Gasteiger partial charge < -0.3 is 10.0 Å². The molecular weight excluding hydrogens is 257 g/mol. The highest BCUT2D eigenvalue weighted by Gasteiger charge is 2.29. The van der Waals surface area contributed by atoms with Crippen LogP contribution in [0.4, 0.5) is 4.39 Å². The fraction of sp³-hybridized carbons (Fsp3) is 0.562. The van der Waals surface area contributed by atoms with Crippen molar-refractivity contribution < 1.29 is 14.3 Å². The number of amides is 1. The summed E-state index contributed by atoms with van der Waals surface area (Å²) < 4.78 is 14.1. The van der Waals surface area contributed by atoms with Gasteiger partial charge >= 0.3 is 0 Å². The van der Waals surface area contributed by atoms with E-state index in [-0.39, 0.29) is 17.5 Å². The fourth-order valence-electron chi connectivity index (χ4n) is 2.87. The van der Waals surface area contributed by atoms with Gasteiger partial charge in [-0.1, -0.05) is 12.1 Å². The molecule has 20 heavy (non-hydrogen) atoms. The van der Waals surface area contributed by atoms with Crippen molar-refractivity contribution in [1.29, 1.82) is 0 Å². The van der Waals surface area contributed by atoms with Gasteiger partial charge in [-0.05, 0) is 51.2 Å². The van der Waals surface area contributed by atoms with Crippen LogP contribution >= 0.6 is 0 Å². The molecule has 1 N–H and O–H groups in total. The van der Waals surface area contributed by atoms with E-state index >= 15 is 0 Å². The summed E-state index contributed by atoms with van der Waals surface area (Å²) in [5, 5.41) is 9.56. The Bertz CT molecular complexity index is 487. The van der Waals surface area contributed by atoms with Crippen LogP contribution in [0.3, 0.4) is 0 Å². The maximum absolute atomic E-state index is 14.1.